The van der Waals surface area contributed by atoms with Gasteiger partial charge in [0.2, 0.25) is 0 Å². The molecule has 0 N–H and O–H groups in total. The van der Waals surface area contributed by atoms with E-state index in [1.165, 1.54) is 0 Å². The Balaban J connectivity index is 1.58. The molecule has 4 rings (SSSR count). The standard InChI is InChI=1S/C24H23FN4O/c1-17-13-18(2)23(27-14-17)16-30-21-5-3-20(4-6-21)24-22(15-28-29(24)12-9-25)19-7-10-26-11-8-19/h3-8,10-11,13-15H,9,12,16H2,1-2H3/i25-1. The number of rotatable bonds is 7. The van der Waals surface area contributed by atoms with Crippen LogP contribution in [0, 0.1) is 13.8 Å². The second-order valence-electron chi connectivity index (χ2n) is 7.14. The van der Waals surface area contributed by atoms with E-state index in [4.69, 9.17) is 4.74 Å². The van der Waals surface area contributed by atoms with Gasteiger partial charge in [-0.1, -0.05) is 6.07 Å². The number of aromatic nitrogens is 4. The minimum atomic E-state index is -0.478. The van der Waals surface area contributed by atoms with E-state index in [2.05, 4.69) is 21.1 Å². The molecule has 0 saturated heterocycles. The number of nitrogens with zero attached hydrogens (tertiary/aromatic N) is 4. The van der Waals surface area contributed by atoms with Crippen molar-refractivity contribution in [3.63, 3.8) is 0 Å². The molecule has 0 radical (unpaired) electrons. The summed E-state index contributed by atoms with van der Waals surface area (Å²) in [7, 11) is 0. The van der Waals surface area contributed by atoms with Crippen molar-refractivity contribution in [2.24, 2.45) is 0 Å². The highest BCUT2D eigenvalue weighted by molar-refractivity contribution is 5.80. The molecule has 0 aliphatic heterocycles. The maximum absolute atomic E-state index is 13.1. The predicted molar refractivity (Wildman–Crippen MR) is 115 cm³/mol. The molecule has 0 saturated carbocycles. The van der Waals surface area contributed by atoms with Crippen LogP contribution in [0.25, 0.3) is 22.4 Å². The molecule has 0 aliphatic carbocycles. The molecule has 1 aromatic carbocycles. The van der Waals surface area contributed by atoms with Crippen LogP contribution in [0.5, 0.6) is 5.75 Å². The topological polar surface area (TPSA) is 52.8 Å². The van der Waals surface area contributed by atoms with E-state index in [1.807, 2.05) is 56.4 Å². The Hall–Kier alpha value is -3.54. The Kier molecular flexibility index (Phi) is 5.84. The molecule has 0 spiro atoms. The number of hydrogen-bond acceptors (Lipinski definition) is 4. The monoisotopic (exact) mass is 401 g/mol. The number of aryl methyl sites for hydroxylation is 3. The average Bonchev–Trinajstić information content (AvgIpc) is 3.18. The van der Waals surface area contributed by atoms with E-state index in [0.29, 0.717) is 6.61 Å². The van der Waals surface area contributed by atoms with Gasteiger partial charge in [0.25, 0.3) is 0 Å². The van der Waals surface area contributed by atoms with Gasteiger partial charge in [0.1, 0.15) is 19.0 Å². The van der Waals surface area contributed by atoms with Crippen molar-refractivity contribution >= 4 is 0 Å². The van der Waals surface area contributed by atoms with Gasteiger partial charge in [-0.05, 0) is 66.9 Å². The summed E-state index contributed by atoms with van der Waals surface area (Å²) >= 11 is 0. The molecule has 3 heterocycles. The van der Waals surface area contributed by atoms with Gasteiger partial charge >= 0.3 is 0 Å². The van der Waals surface area contributed by atoms with Gasteiger partial charge in [0, 0.05) is 29.7 Å². The van der Waals surface area contributed by atoms with Crippen molar-refractivity contribution in [3.8, 4) is 28.1 Å². The molecule has 0 bridgehead atoms. The second-order valence-corrected chi connectivity index (χ2v) is 7.14. The number of halogens is 1. The van der Waals surface area contributed by atoms with Crippen molar-refractivity contribution in [3.05, 3.63) is 84.1 Å². The second kappa shape index (κ2) is 8.86. The van der Waals surface area contributed by atoms with Crippen LogP contribution in [-0.4, -0.2) is 26.4 Å². The summed E-state index contributed by atoms with van der Waals surface area (Å²) in [5.74, 6) is 0.752. The first kappa shape index (κ1) is 19.8. The number of ether oxygens (including phenoxy) is 1. The minimum absolute atomic E-state index is 0.205. The summed E-state index contributed by atoms with van der Waals surface area (Å²) < 4.78 is 20.7. The van der Waals surface area contributed by atoms with Gasteiger partial charge in [0.05, 0.1) is 24.1 Å². The summed E-state index contributed by atoms with van der Waals surface area (Å²) in [6.07, 6.45) is 7.10. The molecule has 0 amide bonds. The Bertz CT molecular complexity index is 1120. The van der Waals surface area contributed by atoms with Crippen molar-refractivity contribution in [1.29, 1.82) is 0 Å². The highest BCUT2D eigenvalue weighted by Crippen LogP contribution is 2.33. The molecule has 30 heavy (non-hydrogen) atoms. The molecule has 4 aromatic rings. The van der Waals surface area contributed by atoms with E-state index >= 15 is 0 Å². The summed E-state index contributed by atoms with van der Waals surface area (Å²) in [5, 5.41) is 4.39. The summed E-state index contributed by atoms with van der Waals surface area (Å²) in [6.45, 7) is 4.20. The quantitative estimate of drug-likeness (QED) is 0.429. The number of hydrogen-bond donors (Lipinski definition) is 0. The Morgan fingerprint density at radius 3 is 2.43 bits per heavy atom. The van der Waals surface area contributed by atoms with E-state index < -0.39 is 6.67 Å². The van der Waals surface area contributed by atoms with Gasteiger partial charge in [-0.15, -0.1) is 0 Å². The molecule has 5 nitrogen and oxygen atoms in total. The molecule has 3 aromatic heterocycles. The lowest BCUT2D eigenvalue weighted by Gasteiger charge is -2.11. The Labute approximate surface area is 175 Å². The van der Waals surface area contributed by atoms with Crippen LogP contribution in [0.2, 0.25) is 0 Å². The van der Waals surface area contributed by atoms with E-state index in [1.54, 1.807) is 23.3 Å². The summed E-state index contributed by atoms with van der Waals surface area (Å²) in [5.41, 5.74) is 6.93. The average molecular weight is 401 g/mol. The zero-order chi connectivity index (χ0) is 20.9. The first-order valence-electron chi connectivity index (χ1n) is 9.83. The number of pyridine rings is 2. The highest BCUT2D eigenvalue weighted by atomic mass is 18.2. The van der Waals surface area contributed by atoms with Gasteiger partial charge < -0.3 is 4.74 Å². The Morgan fingerprint density at radius 2 is 1.73 bits per heavy atom. The normalized spacial score (nSPS) is 10.9. The van der Waals surface area contributed by atoms with Crippen LogP contribution in [0.1, 0.15) is 16.8 Å². The molecule has 0 unspecified atom stereocenters. The smallest absolute Gasteiger partial charge is 0.130 e. The van der Waals surface area contributed by atoms with Crippen LogP contribution in [0.4, 0.5) is 4.39 Å². The van der Waals surface area contributed by atoms with Crippen LogP contribution in [0.15, 0.2) is 67.3 Å². The van der Waals surface area contributed by atoms with Gasteiger partial charge in [-0.25, -0.2) is 4.39 Å². The fourth-order valence-electron chi connectivity index (χ4n) is 3.44. The molecular weight excluding hydrogens is 378 g/mol. The predicted octanol–water partition coefficient (Wildman–Crippen LogP) is 5.17. The van der Waals surface area contributed by atoms with Gasteiger partial charge in [-0.3, -0.25) is 14.6 Å². The summed E-state index contributed by atoms with van der Waals surface area (Å²) in [6, 6.07) is 13.7. The third kappa shape index (κ3) is 4.22. The van der Waals surface area contributed by atoms with Crippen molar-refractivity contribution in [2.75, 3.05) is 6.67 Å². The van der Waals surface area contributed by atoms with E-state index in [0.717, 1.165) is 45.0 Å². The molecule has 6 heteroatoms. The lowest BCUT2D eigenvalue weighted by atomic mass is 10.0. The van der Waals surface area contributed by atoms with Crippen LogP contribution in [0.3, 0.4) is 0 Å². The molecule has 0 aliphatic rings. The fourth-order valence-corrected chi connectivity index (χ4v) is 3.44. The van der Waals surface area contributed by atoms with E-state index in [-0.39, 0.29) is 6.54 Å². The van der Waals surface area contributed by atoms with E-state index in [9.17, 15) is 4.39 Å². The largest absolute Gasteiger partial charge is 0.487 e. The van der Waals surface area contributed by atoms with Crippen molar-refractivity contribution in [2.45, 2.75) is 27.0 Å². The lowest BCUT2D eigenvalue weighted by Crippen LogP contribution is -2.04. The van der Waals surface area contributed by atoms with Crippen LogP contribution < -0.4 is 4.74 Å². The zero-order valence-corrected chi connectivity index (χ0v) is 17.0. The van der Waals surface area contributed by atoms with Crippen molar-refractivity contribution < 1.29 is 9.13 Å². The molecule has 0 fully saturated rings. The third-order valence-electron chi connectivity index (χ3n) is 4.95. The van der Waals surface area contributed by atoms with Crippen LogP contribution >= 0.6 is 0 Å². The maximum Gasteiger partial charge on any atom is 0.130 e. The Morgan fingerprint density at radius 1 is 0.967 bits per heavy atom. The van der Waals surface area contributed by atoms with Gasteiger partial charge in [-0.2, -0.15) is 5.10 Å². The zero-order valence-electron chi connectivity index (χ0n) is 17.0. The molecule has 152 valence electrons. The molecular formula is C24H23FN4O. The molecule has 0 atom stereocenters. The SMILES string of the molecule is Cc1cnc(COc2ccc(-c3c(-c4ccncc4)cnn3CC[18F])cc2)c(C)c1. The maximum atomic E-state index is 13.1. The van der Waals surface area contributed by atoms with Crippen LogP contribution in [-0.2, 0) is 13.2 Å². The minimum Gasteiger partial charge on any atom is -0.487 e. The lowest BCUT2D eigenvalue weighted by molar-refractivity contribution is 0.300. The van der Waals surface area contributed by atoms with Crippen molar-refractivity contribution in [1.82, 2.24) is 19.7 Å². The number of alkyl halides is 1. The summed E-state index contributed by atoms with van der Waals surface area (Å²) in [4.78, 5) is 8.53. The first-order valence-corrected chi connectivity index (χ1v) is 9.83. The first-order chi connectivity index (χ1) is 14.7. The van der Waals surface area contributed by atoms with Gasteiger partial charge in [0.15, 0.2) is 0 Å². The third-order valence-corrected chi connectivity index (χ3v) is 4.95. The highest BCUT2D eigenvalue weighted by Gasteiger charge is 2.15. The fraction of sp³-hybridized carbons (Fsp3) is 0.208. The number of benzene rings is 1.